The molecule has 14 heavy (non-hydrogen) atoms. The van der Waals surface area contributed by atoms with Crippen LogP contribution >= 0.6 is 0 Å². The van der Waals surface area contributed by atoms with Crippen LogP contribution in [-0.4, -0.2) is 16.4 Å². The summed E-state index contributed by atoms with van der Waals surface area (Å²) in [5, 5.41) is 18.2. The molecule has 0 aliphatic heterocycles. The molecule has 0 aliphatic rings. The quantitative estimate of drug-likeness (QED) is 0.492. The van der Waals surface area contributed by atoms with E-state index in [4.69, 9.17) is 15.9 Å². The van der Waals surface area contributed by atoms with Crippen molar-refractivity contribution in [2.24, 2.45) is 10.7 Å². The molecule has 0 unspecified atom stereocenters. The fourth-order valence-electron chi connectivity index (χ4n) is 0.812. The highest BCUT2D eigenvalue weighted by Gasteiger charge is 1.98. The van der Waals surface area contributed by atoms with E-state index < -0.39 is 0 Å². The first-order valence-electron chi connectivity index (χ1n) is 4.08. The minimum atomic E-state index is -0.186. The van der Waals surface area contributed by atoms with E-state index in [-0.39, 0.29) is 11.5 Å². The molecule has 0 saturated carbocycles. The molecule has 0 radical (unpaired) electrons. The number of nitrogens with two attached hydrogens (primary N) is 1. The van der Waals surface area contributed by atoms with Crippen LogP contribution < -0.4 is 5.73 Å². The summed E-state index contributed by atoms with van der Waals surface area (Å²) >= 11 is 0. The molecule has 74 valence electrons. The molecule has 0 atom stereocenters. The minimum Gasteiger partial charge on any atom is -0.504 e. The van der Waals surface area contributed by atoms with Gasteiger partial charge in [-0.05, 0) is 30.8 Å². The summed E-state index contributed by atoms with van der Waals surface area (Å²) < 4.78 is 0. The number of allylic oxidation sites excluding steroid dienone is 1. The molecule has 0 aliphatic carbocycles. The van der Waals surface area contributed by atoms with E-state index in [1.807, 2.05) is 6.92 Å². The maximum Gasteiger partial charge on any atom is 0.159 e. The van der Waals surface area contributed by atoms with Crippen LogP contribution in [0, 0.1) is 0 Å². The molecular weight excluding hydrogens is 180 g/mol. The van der Waals surface area contributed by atoms with Gasteiger partial charge in [-0.1, -0.05) is 0 Å². The van der Waals surface area contributed by atoms with E-state index in [1.165, 1.54) is 18.3 Å². The maximum absolute atomic E-state index is 9.16. The Labute approximate surface area is 82.0 Å². The van der Waals surface area contributed by atoms with E-state index in [9.17, 15) is 0 Å². The molecule has 4 heteroatoms. The Hall–Kier alpha value is -1.97. The second-order valence-electron chi connectivity index (χ2n) is 2.84. The molecule has 4 nitrogen and oxygen atoms in total. The number of rotatable bonds is 2. The lowest BCUT2D eigenvalue weighted by Crippen LogP contribution is -1.84. The van der Waals surface area contributed by atoms with E-state index in [0.717, 1.165) is 5.57 Å². The van der Waals surface area contributed by atoms with Crippen LogP contribution in [-0.2, 0) is 0 Å². The highest BCUT2D eigenvalue weighted by atomic mass is 16.3. The van der Waals surface area contributed by atoms with Crippen molar-refractivity contribution >= 4 is 11.9 Å². The lowest BCUT2D eigenvalue weighted by Gasteiger charge is -1.97. The van der Waals surface area contributed by atoms with Gasteiger partial charge in [0.25, 0.3) is 0 Å². The van der Waals surface area contributed by atoms with Crippen LogP contribution in [0.15, 0.2) is 35.0 Å². The van der Waals surface area contributed by atoms with Crippen molar-refractivity contribution in [2.75, 3.05) is 0 Å². The van der Waals surface area contributed by atoms with Gasteiger partial charge in [0.15, 0.2) is 11.5 Å². The van der Waals surface area contributed by atoms with Crippen molar-refractivity contribution in [3.05, 3.63) is 30.0 Å². The molecule has 1 rings (SSSR count). The summed E-state index contributed by atoms with van der Waals surface area (Å²) in [7, 11) is 0. The molecule has 4 N–H and O–H groups in total. The predicted octanol–water partition coefficient (Wildman–Crippen LogP) is 1.66. The number of aliphatic imine (C=N–C) groups is 1. The van der Waals surface area contributed by atoms with Crippen molar-refractivity contribution < 1.29 is 10.2 Å². The number of nitrogens with zero attached hydrogens (tertiary/aromatic N) is 1. The predicted molar refractivity (Wildman–Crippen MR) is 55.9 cm³/mol. The fourth-order valence-corrected chi connectivity index (χ4v) is 0.812. The Bertz CT molecular complexity index is 384. The van der Waals surface area contributed by atoms with Gasteiger partial charge in [-0.3, -0.25) is 4.99 Å². The summed E-state index contributed by atoms with van der Waals surface area (Å²) in [5.74, 6) is -0.343. The Morgan fingerprint density at radius 1 is 1.36 bits per heavy atom. The van der Waals surface area contributed by atoms with Crippen LogP contribution in [0.1, 0.15) is 6.92 Å². The van der Waals surface area contributed by atoms with Gasteiger partial charge < -0.3 is 15.9 Å². The van der Waals surface area contributed by atoms with Crippen molar-refractivity contribution in [1.82, 2.24) is 0 Å². The summed E-state index contributed by atoms with van der Waals surface area (Å²) in [6, 6.07) is 4.34. The van der Waals surface area contributed by atoms with Crippen LogP contribution in [0.5, 0.6) is 11.5 Å². The largest absolute Gasteiger partial charge is 0.504 e. The molecule has 1 aromatic rings. The lowest BCUT2D eigenvalue weighted by atomic mass is 10.3. The zero-order valence-corrected chi connectivity index (χ0v) is 7.81. The van der Waals surface area contributed by atoms with Crippen LogP contribution in [0.4, 0.5) is 5.69 Å². The first-order chi connectivity index (χ1) is 6.63. The average Bonchev–Trinajstić information content (AvgIpc) is 2.19. The van der Waals surface area contributed by atoms with E-state index >= 15 is 0 Å². The van der Waals surface area contributed by atoms with Gasteiger partial charge >= 0.3 is 0 Å². The normalized spacial score (nSPS) is 12.2. The van der Waals surface area contributed by atoms with Gasteiger partial charge in [-0.15, -0.1) is 0 Å². The summed E-state index contributed by atoms with van der Waals surface area (Å²) in [4.78, 5) is 4.03. The first-order valence-corrected chi connectivity index (χ1v) is 4.08. The van der Waals surface area contributed by atoms with Crippen molar-refractivity contribution in [2.45, 2.75) is 6.92 Å². The standard InChI is InChI=1S/C10H12N2O2/c1-7(5-11)6-12-8-2-3-9(13)10(14)4-8/h2-6,13-14H,11H2,1H3. The third-order valence-corrected chi connectivity index (χ3v) is 1.64. The molecular formula is C10H12N2O2. The van der Waals surface area contributed by atoms with Gasteiger partial charge in [0, 0.05) is 12.3 Å². The average molecular weight is 192 g/mol. The van der Waals surface area contributed by atoms with Crippen molar-refractivity contribution in [1.29, 1.82) is 0 Å². The zero-order valence-electron chi connectivity index (χ0n) is 7.81. The Kier molecular flexibility index (Phi) is 3.12. The van der Waals surface area contributed by atoms with Crippen LogP contribution in [0.2, 0.25) is 0 Å². The monoisotopic (exact) mass is 192 g/mol. The van der Waals surface area contributed by atoms with E-state index in [2.05, 4.69) is 4.99 Å². The van der Waals surface area contributed by atoms with E-state index in [0.29, 0.717) is 5.69 Å². The number of phenols is 2. The second kappa shape index (κ2) is 4.32. The fraction of sp³-hybridized carbons (Fsp3) is 0.100. The third kappa shape index (κ3) is 2.52. The summed E-state index contributed by atoms with van der Waals surface area (Å²) in [5.41, 5.74) is 6.62. The van der Waals surface area contributed by atoms with Gasteiger partial charge in [0.1, 0.15) is 0 Å². The molecule has 0 fully saturated rings. The zero-order chi connectivity index (χ0) is 10.6. The number of hydrogen-bond donors (Lipinski definition) is 3. The Balaban J connectivity index is 2.88. The van der Waals surface area contributed by atoms with Crippen molar-refractivity contribution in [3.63, 3.8) is 0 Å². The first kappa shape index (κ1) is 10.1. The van der Waals surface area contributed by atoms with Gasteiger partial charge in [0.05, 0.1) is 5.69 Å². The molecule has 0 heterocycles. The smallest absolute Gasteiger partial charge is 0.159 e. The number of phenolic OH excluding ortho intramolecular Hbond substituents is 2. The van der Waals surface area contributed by atoms with Gasteiger partial charge in [-0.25, -0.2) is 0 Å². The third-order valence-electron chi connectivity index (χ3n) is 1.64. The lowest BCUT2D eigenvalue weighted by molar-refractivity contribution is 0.404. The van der Waals surface area contributed by atoms with Crippen molar-refractivity contribution in [3.8, 4) is 11.5 Å². The Morgan fingerprint density at radius 2 is 2.07 bits per heavy atom. The molecule has 0 spiro atoms. The van der Waals surface area contributed by atoms with Gasteiger partial charge in [0.2, 0.25) is 0 Å². The summed E-state index contributed by atoms with van der Waals surface area (Å²) in [6.45, 7) is 1.81. The number of benzene rings is 1. The van der Waals surface area contributed by atoms with Gasteiger partial charge in [-0.2, -0.15) is 0 Å². The highest BCUT2D eigenvalue weighted by molar-refractivity contribution is 5.80. The molecule has 0 bridgehead atoms. The Morgan fingerprint density at radius 3 is 2.64 bits per heavy atom. The minimum absolute atomic E-state index is 0.157. The highest BCUT2D eigenvalue weighted by Crippen LogP contribution is 2.28. The molecule has 0 aromatic heterocycles. The molecule has 0 saturated heterocycles. The van der Waals surface area contributed by atoms with Crippen LogP contribution in [0.25, 0.3) is 0 Å². The second-order valence-corrected chi connectivity index (χ2v) is 2.84. The molecule has 0 amide bonds. The topological polar surface area (TPSA) is 78.8 Å². The van der Waals surface area contributed by atoms with Crippen LogP contribution in [0.3, 0.4) is 0 Å². The SMILES string of the molecule is CC(C=Nc1ccc(O)c(O)c1)=CN. The molecule has 1 aromatic carbocycles. The number of aromatic hydroxyl groups is 2. The van der Waals surface area contributed by atoms with E-state index in [1.54, 1.807) is 12.3 Å². The number of hydrogen-bond acceptors (Lipinski definition) is 4. The maximum atomic E-state index is 9.16. The summed E-state index contributed by atoms with van der Waals surface area (Å²) in [6.07, 6.45) is 3.01.